The SMILES string of the molecule is O=Cc1cc2c(cc1C=CCCNC(=O)OCc1ccccc1)OCO2. The number of alkyl carbamates (subject to hydrolysis) is 1. The number of nitrogens with one attached hydrogen (secondary N) is 1. The molecule has 0 aromatic heterocycles. The Labute approximate surface area is 151 Å². The molecule has 0 saturated carbocycles. The Morgan fingerprint density at radius 3 is 2.58 bits per heavy atom. The molecule has 26 heavy (non-hydrogen) atoms. The molecule has 0 radical (unpaired) electrons. The molecule has 6 nitrogen and oxygen atoms in total. The lowest BCUT2D eigenvalue weighted by Crippen LogP contribution is -2.24. The zero-order valence-corrected chi connectivity index (χ0v) is 14.1. The van der Waals surface area contributed by atoms with E-state index in [9.17, 15) is 9.59 Å². The van der Waals surface area contributed by atoms with Gasteiger partial charge in [0.15, 0.2) is 17.8 Å². The van der Waals surface area contributed by atoms with E-state index in [0.717, 1.165) is 17.4 Å². The molecule has 134 valence electrons. The predicted molar refractivity (Wildman–Crippen MR) is 96.2 cm³/mol. The lowest BCUT2D eigenvalue weighted by Gasteiger charge is -2.06. The Morgan fingerprint density at radius 1 is 1.12 bits per heavy atom. The van der Waals surface area contributed by atoms with E-state index in [1.54, 1.807) is 12.1 Å². The van der Waals surface area contributed by atoms with Gasteiger partial charge >= 0.3 is 6.09 Å². The standard InChI is InChI=1S/C20H19NO5/c22-12-17-11-19-18(25-14-26-19)10-16(17)8-4-5-9-21-20(23)24-13-15-6-2-1-3-7-15/h1-4,6-8,10-12H,5,9,13-14H2,(H,21,23). The Hall–Kier alpha value is -3.28. The van der Waals surface area contributed by atoms with Crippen LogP contribution >= 0.6 is 0 Å². The highest BCUT2D eigenvalue weighted by Crippen LogP contribution is 2.34. The van der Waals surface area contributed by atoms with E-state index in [1.807, 2.05) is 42.5 Å². The third-order valence-corrected chi connectivity index (χ3v) is 3.80. The molecule has 0 fully saturated rings. The number of hydrogen-bond acceptors (Lipinski definition) is 5. The largest absolute Gasteiger partial charge is 0.454 e. The van der Waals surface area contributed by atoms with E-state index in [2.05, 4.69) is 5.32 Å². The van der Waals surface area contributed by atoms with Crippen LogP contribution in [0.5, 0.6) is 11.5 Å². The maximum Gasteiger partial charge on any atom is 0.407 e. The Bertz CT molecular complexity index is 801. The molecule has 0 unspecified atom stereocenters. The van der Waals surface area contributed by atoms with Gasteiger partial charge in [0.2, 0.25) is 6.79 Å². The van der Waals surface area contributed by atoms with Crippen LogP contribution in [0.25, 0.3) is 6.08 Å². The van der Waals surface area contributed by atoms with Crippen LogP contribution in [0.4, 0.5) is 4.79 Å². The Kier molecular flexibility index (Phi) is 5.88. The summed E-state index contributed by atoms with van der Waals surface area (Å²) in [4.78, 5) is 22.8. The summed E-state index contributed by atoms with van der Waals surface area (Å²) in [7, 11) is 0. The molecule has 1 aliphatic heterocycles. The highest BCUT2D eigenvalue weighted by molar-refractivity contribution is 5.84. The van der Waals surface area contributed by atoms with Crippen molar-refractivity contribution in [3.63, 3.8) is 0 Å². The number of fused-ring (bicyclic) bond motifs is 1. The summed E-state index contributed by atoms with van der Waals surface area (Å²) in [5, 5.41) is 2.68. The van der Waals surface area contributed by atoms with Crippen molar-refractivity contribution in [3.8, 4) is 11.5 Å². The lowest BCUT2D eigenvalue weighted by atomic mass is 10.1. The third-order valence-electron chi connectivity index (χ3n) is 3.80. The van der Waals surface area contributed by atoms with Gasteiger partial charge < -0.3 is 19.5 Å². The summed E-state index contributed by atoms with van der Waals surface area (Å²) in [6.45, 7) is 0.837. The highest BCUT2D eigenvalue weighted by atomic mass is 16.7. The van der Waals surface area contributed by atoms with Crippen LogP contribution in [0.15, 0.2) is 48.5 Å². The van der Waals surface area contributed by atoms with E-state index in [-0.39, 0.29) is 13.4 Å². The summed E-state index contributed by atoms with van der Waals surface area (Å²) in [5.74, 6) is 1.20. The van der Waals surface area contributed by atoms with Gasteiger partial charge in [-0.2, -0.15) is 0 Å². The zero-order valence-electron chi connectivity index (χ0n) is 14.1. The van der Waals surface area contributed by atoms with Crippen molar-refractivity contribution in [2.24, 2.45) is 0 Å². The van der Waals surface area contributed by atoms with Crippen LogP contribution in [-0.2, 0) is 11.3 Å². The topological polar surface area (TPSA) is 73.9 Å². The van der Waals surface area contributed by atoms with E-state index < -0.39 is 6.09 Å². The molecule has 2 aromatic rings. The average molecular weight is 353 g/mol. The van der Waals surface area contributed by atoms with E-state index in [0.29, 0.717) is 30.0 Å². The number of ether oxygens (including phenoxy) is 3. The molecular formula is C20H19NO5. The minimum Gasteiger partial charge on any atom is -0.454 e. The summed E-state index contributed by atoms with van der Waals surface area (Å²) in [6.07, 6.45) is 4.62. The summed E-state index contributed by atoms with van der Waals surface area (Å²) in [6, 6.07) is 12.9. The fourth-order valence-corrected chi connectivity index (χ4v) is 2.46. The second-order valence-electron chi connectivity index (χ2n) is 5.63. The van der Waals surface area contributed by atoms with Crippen molar-refractivity contribution in [1.29, 1.82) is 0 Å². The van der Waals surface area contributed by atoms with Gasteiger partial charge in [-0.25, -0.2) is 4.79 Å². The Balaban J connectivity index is 1.43. The Morgan fingerprint density at radius 2 is 1.85 bits per heavy atom. The van der Waals surface area contributed by atoms with Gasteiger partial charge in [0.1, 0.15) is 6.61 Å². The smallest absolute Gasteiger partial charge is 0.407 e. The molecule has 1 aliphatic rings. The monoisotopic (exact) mass is 353 g/mol. The normalized spacial score (nSPS) is 12.2. The van der Waals surface area contributed by atoms with Crippen LogP contribution in [0.1, 0.15) is 27.9 Å². The third kappa shape index (κ3) is 4.63. The highest BCUT2D eigenvalue weighted by Gasteiger charge is 2.15. The van der Waals surface area contributed by atoms with Crippen LogP contribution in [0, 0.1) is 0 Å². The molecule has 0 atom stereocenters. The lowest BCUT2D eigenvalue weighted by molar-refractivity contribution is 0.112. The number of rotatable bonds is 7. The number of carbonyl (C=O) groups is 2. The van der Waals surface area contributed by atoms with Gasteiger partial charge in [0, 0.05) is 12.1 Å². The maximum absolute atomic E-state index is 11.6. The number of benzene rings is 2. The van der Waals surface area contributed by atoms with E-state index >= 15 is 0 Å². The molecule has 0 spiro atoms. The first-order chi connectivity index (χ1) is 12.8. The molecule has 0 saturated heterocycles. The number of amides is 1. The molecule has 6 heteroatoms. The van der Waals surface area contributed by atoms with Gasteiger partial charge in [-0.3, -0.25) is 4.79 Å². The van der Waals surface area contributed by atoms with Gasteiger partial charge in [-0.05, 0) is 29.7 Å². The van der Waals surface area contributed by atoms with Crippen LogP contribution in [-0.4, -0.2) is 25.7 Å². The van der Waals surface area contributed by atoms with Gasteiger partial charge in [-0.15, -0.1) is 0 Å². The molecule has 2 aromatic carbocycles. The van der Waals surface area contributed by atoms with E-state index in [1.165, 1.54) is 0 Å². The molecule has 0 aliphatic carbocycles. The van der Waals surface area contributed by atoms with Crippen molar-refractivity contribution in [2.75, 3.05) is 13.3 Å². The van der Waals surface area contributed by atoms with Crippen molar-refractivity contribution < 1.29 is 23.8 Å². The van der Waals surface area contributed by atoms with Crippen molar-refractivity contribution in [2.45, 2.75) is 13.0 Å². The first kappa shape index (κ1) is 17.5. The quantitative estimate of drug-likeness (QED) is 0.609. The van der Waals surface area contributed by atoms with Gasteiger partial charge in [0.05, 0.1) is 0 Å². The zero-order chi connectivity index (χ0) is 18.2. The minimum absolute atomic E-state index is 0.163. The number of carbonyl (C=O) groups excluding carboxylic acids is 2. The minimum atomic E-state index is -0.459. The molecule has 1 N–H and O–H groups in total. The average Bonchev–Trinajstić information content (AvgIpc) is 3.13. The number of aldehydes is 1. The maximum atomic E-state index is 11.6. The van der Waals surface area contributed by atoms with Crippen molar-refractivity contribution in [3.05, 3.63) is 65.2 Å². The van der Waals surface area contributed by atoms with Crippen LogP contribution in [0.3, 0.4) is 0 Å². The fraction of sp³-hybridized carbons (Fsp3) is 0.200. The fourth-order valence-electron chi connectivity index (χ4n) is 2.46. The molecule has 1 amide bonds. The summed E-state index contributed by atoms with van der Waals surface area (Å²) < 4.78 is 15.7. The first-order valence-electron chi connectivity index (χ1n) is 8.26. The molecule has 1 heterocycles. The first-order valence-corrected chi connectivity index (χ1v) is 8.26. The van der Waals surface area contributed by atoms with Crippen molar-refractivity contribution >= 4 is 18.5 Å². The summed E-state index contributed by atoms with van der Waals surface area (Å²) in [5.41, 5.74) is 2.21. The van der Waals surface area contributed by atoms with Crippen LogP contribution < -0.4 is 14.8 Å². The van der Waals surface area contributed by atoms with E-state index in [4.69, 9.17) is 14.2 Å². The summed E-state index contributed by atoms with van der Waals surface area (Å²) >= 11 is 0. The predicted octanol–water partition coefficient (Wildman–Crippen LogP) is 3.56. The molecular weight excluding hydrogens is 334 g/mol. The molecule has 0 bridgehead atoms. The van der Waals surface area contributed by atoms with Gasteiger partial charge in [-0.1, -0.05) is 42.5 Å². The number of hydrogen-bond donors (Lipinski definition) is 1. The van der Waals surface area contributed by atoms with Gasteiger partial charge in [0.25, 0.3) is 0 Å². The van der Waals surface area contributed by atoms with Crippen molar-refractivity contribution in [1.82, 2.24) is 5.32 Å². The molecule has 3 rings (SSSR count). The second-order valence-corrected chi connectivity index (χ2v) is 5.63. The second kappa shape index (κ2) is 8.71. The van der Waals surface area contributed by atoms with Crippen LogP contribution in [0.2, 0.25) is 0 Å².